The van der Waals surface area contributed by atoms with E-state index in [-0.39, 0.29) is 10.6 Å². The van der Waals surface area contributed by atoms with Crippen molar-refractivity contribution >= 4 is 15.7 Å². The molecule has 2 aromatic carbocycles. The molecule has 0 amide bonds. The average molecular weight is 380 g/mol. The minimum atomic E-state index is -3.82. The first kappa shape index (κ1) is 18.5. The summed E-state index contributed by atoms with van der Waals surface area (Å²) in [6.45, 7) is 1.72. The molecule has 6 nitrogen and oxygen atoms in total. The standard InChI is InChI=1S/C18H21FN2O4S/c1-24-16-6-4-15(5-7-16)20-9-11-21(12-10-20)26(22,23)18-13-14(19)3-8-17(18)25-2/h3-8,13H,9-12H2,1-2H3. The first-order valence-electron chi connectivity index (χ1n) is 8.18. The predicted molar refractivity (Wildman–Crippen MR) is 96.9 cm³/mol. The van der Waals surface area contributed by atoms with E-state index < -0.39 is 15.8 Å². The number of methoxy groups -OCH3 is 2. The van der Waals surface area contributed by atoms with E-state index in [4.69, 9.17) is 9.47 Å². The van der Waals surface area contributed by atoms with Crippen LogP contribution in [-0.2, 0) is 10.0 Å². The molecule has 0 radical (unpaired) electrons. The molecule has 8 heteroatoms. The van der Waals surface area contributed by atoms with Crippen molar-refractivity contribution in [3.05, 3.63) is 48.3 Å². The summed E-state index contributed by atoms with van der Waals surface area (Å²) in [5.41, 5.74) is 1.01. The molecule has 1 heterocycles. The van der Waals surface area contributed by atoms with Gasteiger partial charge in [-0.2, -0.15) is 4.31 Å². The Hall–Kier alpha value is -2.32. The number of piperazine rings is 1. The Labute approximate surface area is 152 Å². The fraction of sp³-hybridized carbons (Fsp3) is 0.333. The van der Waals surface area contributed by atoms with E-state index >= 15 is 0 Å². The van der Waals surface area contributed by atoms with Crippen LogP contribution in [0.25, 0.3) is 0 Å². The molecular weight excluding hydrogens is 359 g/mol. The number of halogens is 1. The van der Waals surface area contributed by atoms with Crippen LogP contribution in [0.15, 0.2) is 47.4 Å². The van der Waals surface area contributed by atoms with Crippen LogP contribution in [0.1, 0.15) is 0 Å². The zero-order valence-corrected chi connectivity index (χ0v) is 15.5. The molecule has 1 saturated heterocycles. The van der Waals surface area contributed by atoms with Crippen molar-refractivity contribution in [1.82, 2.24) is 4.31 Å². The van der Waals surface area contributed by atoms with Crippen molar-refractivity contribution in [1.29, 1.82) is 0 Å². The third kappa shape index (κ3) is 3.61. The Bertz CT molecular complexity index is 863. The van der Waals surface area contributed by atoms with Crippen LogP contribution < -0.4 is 14.4 Å². The number of sulfonamides is 1. The molecule has 0 unspecified atom stereocenters. The number of anilines is 1. The quantitative estimate of drug-likeness (QED) is 0.797. The van der Waals surface area contributed by atoms with Gasteiger partial charge in [0.15, 0.2) is 0 Å². The lowest BCUT2D eigenvalue weighted by molar-refractivity contribution is 0.373. The van der Waals surface area contributed by atoms with Crippen molar-refractivity contribution in [3.8, 4) is 11.5 Å². The summed E-state index contributed by atoms with van der Waals surface area (Å²) < 4.78 is 51.0. The summed E-state index contributed by atoms with van der Waals surface area (Å²) in [6.07, 6.45) is 0. The zero-order chi connectivity index (χ0) is 18.7. The Morgan fingerprint density at radius 1 is 0.923 bits per heavy atom. The van der Waals surface area contributed by atoms with Gasteiger partial charge in [-0.15, -0.1) is 0 Å². The summed E-state index contributed by atoms with van der Waals surface area (Å²) in [6, 6.07) is 11.1. The maximum atomic E-state index is 13.6. The Morgan fingerprint density at radius 3 is 2.15 bits per heavy atom. The van der Waals surface area contributed by atoms with Crippen LogP contribution in [0.3, 0.4) is 0 Å². The van der Waals surface area contributed by atoms with Crippen molar-refractivity contribution in [2.75, 3.05) is 45.3 Å². The Kier molecular flexibility index (Phi) is 5.33. The second-order valence-electron chi connectivity index (χ2n) is 5.88. The van der Waals surface area contributed by atoms with E-state index in [1.807, 2.05) is 24.3 Å². The smallest absolute Gasteiger partial charge is 0.246 e. The van der Waals surface area contributed by atoms with Gasteiger partial charge in [0, 0.05) is 31.9 Å². The van der Waals surface area contributed by atoms with Crippen molar-refractivity contribution in [3.63, 3.8) is 0 Å². The largest absolute Gasteiger partial charge is 0.497 e. The molecule has 0 spiro atoms. The molecule has 0 aliphatic carbocycles. The van der Waals surface area contributed by atoms with Gasteiger partial charge in [0.1, 0.15) is 22.2 Å². The highest BCUT2D eigenvalue weighted by atomic mass is 32.2. The lowest BCUT2D eigenvalue weighted by atomic mass is 10.2. The number of rotatable bonds is 5. The first-order chi connectivity index (χ1) is 12.5. The van der Waals surface area contributed by atoms with Gasteiger partial charge in [-0.25, -0.2) is 12.8 Å². The number of ether oxygens (including phenoxy) is 2. The normalized spacial score (nSPS) is 15.7. The van der Waals surface area contributed by atoms with Crippen molar-refractivity contribution in [2.45, 2.75) is 4.90 Å². The highest BCUT2D eigenvalue weighted by Gasteiger charge is 2.31. The molecular formula is C18H21FN2O4S. The van der Waals surface area contributed by atoms with Crippen molar-refractivity contribution in [2.24, 2.45) is 0 Å². The summed E-state index contributed by atoms with van der Waals surface area (Å²) in [7, 11) is -0.843. The average Bonchev–Trinajstić information content (AvgIpc) is 2.68. The number of nitrogens with zero attached hydrogens (tertiary/aromatic N) is 2. The van der Waals surface area contributed by atoms with E-state index in [9.17, 15) is 12.8 Å². The summed E-state index contributed by atoms with van der Waals surface area (Å²) in [4.78, 5) is 1.96. The number of hydrogen-bond donors (Lipinski definition) is 0. The molecule has 0 aromatic heterocycles. The molecule has 0 bridgehead atoms. The minimum absolute atomic E-state index is 0.141. The van der Waals surface area contributed by atoms with Crippen LogP contribution in [0.4, 0.5) is 10.1 Å². The van der Waals surface area contributed by atoms with E-state index in [0.717, 1.165) is 17.5 Å². The number of hydrogen-bond acceptors (Lipinski definition) is 5. The summed E-state index contributed by atoms with van der Waals surface area (Å²) in [5.74, 6) is 0.304. The Balaban J connectivity index is 1.75. The van der Waals surface area contributed by atoms with E-state index in [1.165, 1.54) is 23.5 Å². The molecule has 1 aliphatic rings. The predicted octanol–water partition coefficient (Wildman–Crippen LogP) is 2.35. The highest BCUT2D eigenvalue weighted by Crippen LogP contribution is 2.29. The second-order valence-corrected chi connectivity index (χ2v) is 7.79. The molecule has 140 valence electrons. The third-order valence-electron chi connectivity index (χ3n) is 4.42. The minimum Gasteiger partial charge on any atom is -0.497 e. The molecule has 1 aliphatic heterocycles. The molecule has 0 atom stereocenters. The van der Waals surface area contributed by atoms with Crippen molar-refractivity contribution < 1.29 is 22.3 Å². The van der Waals surface area contributed by atoms with Crippen LogP contribution in [-0.4, -0.2) is 53.1 Å². The molecule has 0 N–H and O–H groups in total. The number of benzene rings is 2. The SMILES string of the molecule is COc1ccc(N2CCN(S(=O)(=O)c3cc(F)ccc3OC)CC2)cc1. The third-order valence-corrected chi connectivity index (χ3v) is 6.34. The van der Waals surface area contributed by atoms with Crippen LogP contribution in [0.2, 0.25) is 0 Å². The first-order valence-corrected chi connectivity index (χ1v) is 9.62. The van der Waals surface area contributed by atoms with Gasteiger partial charge in [0.25, 0.3) is 0 Å². The Morgan fingerprint density at radius 2 is 1.58 bits per heavy atom. The van der Waals surface area contributed by atoms with Gasteiger partial charge in [-0.05, 0) is 42.5 Å². The molecule has 26 heavy (non-hydrogen) atoms. The van der Waals surface area contributed by atoms with Gasteiger partial charge in [-0.3, -0.25) is 0 Å². The van der Waals surface area contributed by atoms with Crippen LogP contribution in [0, 0.1) is 5.82 Å². The maximum Gasteiger partial charge on any atom is 0.246 e. The van der Waals surface area contributed by atoms with E-state index in [1.54, 1.807) is 7.11 Å². The lowest BCUT2D eigenvalue weighted by Crippen LogP contribution is -2.48. The zero-order valence-electron chi connectivity index (χ0n) is 14.7. The van der Waals surface area contributed by atoms with Gasteiger partial charge >= 0.3 is 0 Å². The summed E-state index contributed by atoms with van der Waals surface area (Å²) >= 11 is 0. The molecule has 2 aromatic rings. The molecule has 0 saturated carbocycles. The summed E-state index contributed by atoms with van der Waals surface area (Å²) in [5, 5.41) is 0. The highest BCUT2D eigenvalue weighted by molar-refractivity contribution is 7.89. The van der Waals surface area contributed by atoms with Crippen LogP contribution >= 0.6 is 0 Å². The van der Waals surface area contributed by atoms with Crippen LogP contribution in [0.5, 0.6) is 11.5 Å². The maximum absolute atomic E-state index is 13.6. The topological polar surface area (TPSA) is 59.1 Å². The molecule has 3 rings (SSSR count). The monoisotopic (exact) mass is 380 g/mol. The second kappa shape index (κ2) is 7.51. The van der Waals surface area contributed by atoms with Gasteiger partial charge < -0.3 is 14.4 Å². The van der Waals surface area contributed by atoms with Gasteiger partial charge in [0.05, 0.1) is 14.2 Å². The fourth-order valence-electron chi connectivity index (χ4n) is 2.97. The van der Waals surface area contributed by atoms with E-state index in [0.29, 0.717) is 26.2 Å². The molecule has 1 fully saturated rings. The van der Waals surface area contributed by atoms with Gasteiger partial charge in [0.2, 0.25) is 10.0 Å². The van der Waals surface area contributed by atoms with E-state index in [2.05, 4.69) is 4.90 Å². The fourth-order valence-corrected chi connectivity index (χ4v) is 4.56. The lowest BCUT2D eigenvalue weighted by Gasteiger charge is -2.35. The van der Waals surface area contributed by atoms with Gasteiger partial charge in [-0.1, -0.05) is 0 Å².